The van der Waals surface area contributed by atoms with Gasteiger partial charge in [-0.2, -0.15) is 0 Å². The number of amides is 1. The van der Waals surface area contributed by atoms with Crippen molar-refractivity contribution in [1.82, 2.24) is 4.98 Å². The quantitative estimate of drug-likeness (QED) is 0.603. The molecule has 0 bridgehead atoms. The summed E-state index contributed by atoms with van der Waals surface area (Å²) in [5.74, 6) is 2.05. The maximum Gasteiger partial charge on any atom is 0.257 e. The van der Waals surface area contributed by atoms with Gasteiger partial charge in [-0.3, -0.25) is 4.79 Å². The summed E-state index contributed by atoms with van der Waals surface area (Å²) in [6.45, 7) is 0.598. The summed E-state index contributed by atoms with van der Waals surface area (Å²) < 4.78 is 15.8. The summed E-state index contributed by atoms with van der Waals surface area (Å²) in [5.41, 5.74) is 2.29. The number of nitrogens with one attached hydrogen (secondary N) is 2. The first-order chi connectivity index (χ1) is 14.1. The van der Waals surface area contributed by atoms with Crippen LogP contribution < -0.4 is 24.8 Å². The average molecular weight is 393 g/mol. The van der Waals surface area contributed by atoms with E-state index in [-0.39, 0.29) is 5.91 Å². The molecule has 3 rings (SSSR count). The lowest BCUT2D eigenvalue weighted by atomic mass is 10.2. The predicted molar refractivity (Wildman–Crippen MR) is 112 cm³/mol. The minimum absolute atomic E-state index is 0.301. The summed E-state index contributed by atoms with van der Waals surface area (Å²) in [5, 5.41) is 6.06. The number of carbonyl (C=O) groups is 1. The third-order valence-corrected chi connectivity index (χ3v) is 4.29. The molecule has 0 aliphatic heterocycles. The van der Waals surface area contributed by atoms with Crippen molar-refractivity contribution in [3.05, 3.63) is 71.9 Å². The number of para-hydroxylation sites is 1. The highest BCUT2D eigenvalue weighted by molar-refractivity contribution is 6.04. The van der Waals surface area contributed by atoms with Gasteiger partial charge in [0.25, 0.3) is 5.91 Å². The van der Waals surface area contributed by atoms with Gasteiger partial charge < -0.3 is 24.8 Å². The Hall–Kier alpha value is -3.74. The van der Waals surface area contributed by atoms with Gasteiger partial charge in [0.05, 0.1) is 33.2 Å². The highest BCUT2D eigenvalue weighted by Gasteiger charge is 2.11. The van der Waals surface area contributed by atoms with E-state index in [1.165, 1.54) is 14.2 Å². The highest BCUT2D eigenvalue weighted by Crippen LogP contribution is 2.23. The number of anilines is 2. The van der Waals surface area contributed by atoms with Crippen molar-refractivity contribution in [2.24, 2.45) is 0 Å². The number of hydrogen-bond donors (Lipinski definition) is 2. The van der Waals surface area contributed by atoms with Crippen molar-refractivity contribution in [3.63, 3.8) is 0 Å². The van der Waals surface area contributed by atoms with E-state index in [4.69, 9.17) is 14.2 Å². The topological polar surface area (TPSA) is 81.7 Å². The Labute approximate surface area is 169 Å². The van der Waals surface area contributed by atoms with Gasteiger partial charge in [-0.25, -0.2) is 4.98 Å². The first kappa shape index (κ1) is 20.0. The van der Waals surface area contributed by atoms with E-state index in [9.17, 15) is 4.79 Å². The lowest BCUT2D eigenvalue weighted by molar-refractivity contribution is 0.102. The molecule has 0 saturated carbocycles. The van der Waals surface area contributed by atoms with Gasteiger partial charge >= 0.3 is 0 Å². The predicted octanol–water partition coefficient (Wildman–Crippen LogP) is 3.97. The number of hydrogen-bond acceptors (Lipinski definition) is 6. The molecule has 3 aromatic rings. The Balaban J connectivity index is 1.64. The SMILES string of the molecule is COc1cc(OC)cc(C(=O)Nc2ccc(NCc3ccccc3OC)cn2)c1. The smallest absolute Gasteiger partial charge is 0.257 e. The molecule has 7 nitrogen and oxygen atoms in total. The number of rotatable bonds is 8. The second-order valence-electron chi connectivity index (χ2n) is 6.15. The number of nitrogens with zero attached hydrogens (tertiary/aromatic N) is 1. The molecule has 0 aliphatic carbocycles. The molecule has 2 N–H and O–H groups in total. The monoisotopic (exact) mass is 393 g/mol. The van der Waals surface area contributed by atoms with Crippen molar-refractivity contribution in [2.45, 2.75) is 6.54 Å². The summed E-state index contributed by atoms with van der Waals surface area (Å²) in [4.78, 5) is 16.8. The Morgan fingerprint density at radius 1 is 0.931 bits per heavy atom. The van der Waals surface area contributed by atoms with Crippen LogP contribution in [0, 0.1) is 0 Å². The Bertz CT molecular complexity index is 952. The van der Waals surface area contributed by atoms with Crippen LogP contribution in [-0.2, 0) is 6.54 Å². The lowest BCUT2D eigenvalue weighted by Gasteiger charge is -2.11. The zero-order valence-corrected chi connectivity index (χ0v) is 16.6. The van der Waals surface area contributed by atoms with Gasteiger partial charge in [0, 0.05) is 23.7 Å². The highest BCUT2D eigenvalue weighted by atomic mass is 16.5. The maximum atomic E-state index is 12.5. The van der Waals surface area contributed by atoms with E-state index >= 15 is 0 Å². The Morgan fingerprint density at radius 2 is 1.66 bits per heavy atom. The van der Waals surface area contributed by atoms with E-state index in [1.807, 2.05) is 30.3 Å². The minimum atomic E-state index is -0.301. The number of pyridine rings is 1. The van der Waals surface area contributed by atoms with E-state index < -0.39 is 0 Å². The normalized spacial score (nSPS) is 10.2. The van der Waals surface area contributed by atoms with Crippen molar-refractivity contribution in [1.29, 1.82) is 0 Å². The molecule has 0 unspecified atom stereocenters. The number of aromatic nitrogens is 1. The molecule has 150 valence electrons. The average Bonchev–Trinajstić information content (AvgIpc) is 2.78. The van der Waals surface area contributed by atoms with Crippen LogP contribution in [0.15, 0.2) is 60.8 Å². The number of carbonyl (C=O) groups excluding carboxylic acids is 1. The lowest BCUT2D eigenvalue weighted by Crippen LogP contribution is -2.13. The van der Waals surface area contributed by atoms with Crippen molar-refractivity contribution in [3.8, 4) is 17.2 Å². The van der Waals surface area contributed by atoms with Crippen LogP contribution in [0.1, 0.15) is 15.9 Å². The van der Waals surface area contributed by atoms with E-state index in [2.05, 4.69) is 15.6 Å². The molecule has 29 heavy (non-hydrogen) atoms. The molecule has 1 aromatic heterocycles. The van der Waals surface area contributed by atoms with E-state index in [1.54, 1.807) is 37.6 Å². The van der Waals surface area contributed by atoms with Crippen LogP contribution in [0.3, 0.4) is 0 Å². The van der Waals surface area contributed by atoms with Gasteiger partial charge in [0.15, 0.2) is 0 Å². The molecule has 1 heterocycles. The summed E-state index contributed by atoms with van der Waals surface area (Å²) in [6, 6.07) is 16.4. The van der Waals surface area contributed by atoms with Crippen LogP contribution in [0.5, 0.6) is 17.2 Å². The fourth-order valence-electron chi connectivity index (χ4n) is 2.75. The number of ether oxygens (including phenoxy) is 3. The van der Waals surface area contributed by atoms with Gasteiger partial charge in [0.2, 0.25) is 0 Å². The first-order valence-electron chi connectivity index (χ1n) is 8.99. The van der Waals surface area contributed by atoms with Gasteiger partial charge in [-0.1, -0.05) is 18.2 Å². The Morgan fingerprint density at radius 3 is 2.28 bits per heavy atom. The van der Waals surface area contributed by atoms with Gasteiger partial charge in [-0.05, 0) is 30.3 Å². The van der Waals surface area contributed by atoms with Crippen LogP contribution in [0.4, 0.5) is 11.5 Å². The third kappa shape index (κ3) is 5.16. The third-order valence-electron chi connectivity index (χ3n) is 4.29. The number of methoxy groups -OCH3 is 3. The second-order valence-corrected chi connectivity index (χ2v) is 6.15. The molecular formula is C22H23N3O4. The molecule has 2 aromatic carbocycles. The largest absolute Gasteiger partial charge is 0.497 e. The van der Waals surface area contributed by atoms with Crippen LogP contribution in [0.25, 0.3) is 0 Å². The number of benzene rings is 2. The van der Waals surface area contributed by atoms with Crippen molar-refractivity contribution in [2.75, 3.05) is 32.0 Å². The van der Waals surface area contributed by atoms with Crippen LogP contribution in [0.2, 0.25) is 0 Å². The fraction of sp³-hybridized carbons (Fsp3) is 0.182. The minimum Gasteiger partial charge on any atom is -0.497 e. The molecule has 0 fully saturated rings. The van der Waals surface area contributed by atoms with E-state index in [0.29, 0.717) is 29.4 Å². The summed E-state index contributed by atoms with van der Waals surface area (Å²) in [7, 11) is 4.72. The van der Waals surface area contributed by atoms with Crippen molar-refractivity contribution >= 4 is 17.4 Å². The van der Waals surface area contributed by atoms with Gasteiger partial charge in [0.1, 0.15) is 23.1 Å². The molecule has 7 heteroatoms. The first-order valence-corrected chi connectivity index (χ1v) is 8.99. The zero-order chi connectivity index (χ0) is 20.6. The molecule has 0 aliphatic rings. The van der Waals surface area contributed by atoms with E-state index in [0.717, 1.165) is 17.0 Å². The molecular weight excluding hydrogens is 370 g/mol. The molecule has 0 atom stereocenters. The fourth-order valence-corrected chi connectivity index (χ4v) is 2.75. The summed E-state index contributed by atoms with van der Waals surface area (Å²) >= 11 is 0. The second kappa shape index (κ2) is 9.45. The standard InChI is InChI=1S/C22H23N3O4/c1-27-18-10-16(11-19(12-18)28-2)22(26)25-21-9-8-17(14-24-21)23-13-15-6-4-5-7-20(15)29-3/h4-12,14,23H,13H2,1-3H3,(H,24,25,26). The maximum absolute atomic E-state index is 12.5. The zero-order valence-electron chi connectivity index (χ0n) is 16.6. The molecule has 1 amide bonds. The van der Waals surface area contributed by atoms with Crippen LogP contribution >= 0.6 is 0 Å². The van der Waals surface area contributed by atoms with Gasteiger partial charge in [-0.15, -0.1) is 0 Å². The molecule has 0 radical (unpaired) electrons. The summed E-state index contributed by atoms with van der Waals surface area (Å²) in [6.07, 6.45) is 1.66. The van der Waals surface area contributed by atoms with Crippen LogP contribution in [-0.4, -0.2) is 32.2 Å². The van der Waals surface area contributed by atoms with Crippen molar-refractivity contribution < 1.29 is 19.0 Å². The molecule has 0 spiro atoms. The molecule has 0 saturated heterocycles. The Kier molecular flexibility index (Phi) is 6.52.